The average Bonchev–Trinajstić information content (AvgIpc) is 2.43. The summed E-state index contributed by atoms with van der Waals surface area (Å²) in [5, 5.41) is 10.4. The van der Waals surface area contributed by atoms with Crippen LogP contribution in [0, 0.1) is 24.2 Å². The molecule has 0 fully saturated rings. The maximum Gasteiger partial charge on any atom is 0.120 e. The van der Waals surface area contributed by atoms with Crippen molar-refractivity contribution in [2.75, 3.05) is 25.6 Å². The van der Waals surface area contributed by atoms with Crippen LogP contribution in [0.5, 0.6) is 5.75 Å². The third-order valence-corrected chi connectivity index (χ3v) is 3.25. The highest BCUT2D eigenvalue weighted by Gasteiger charge is 2.15. The van der Waals surface area contributed by atoms with Crippen molar-refractivity contribution in [1.82, 2.24) is 4.98 Å². The maximum atomic E-state index is 9.41. The Bertz CT molecular complexity index is 699. The number of pyridine rings is 1. The van der Waals surface area contributed by atoms with Gasteiger partial charge in [0, 0.05) is 19.5 Å². The summed E-state index contributed by atoms with van der Waals surface area (Å²) in [6, 6.07) is 8.12. The topological polar surface area (TPSA) is 49.1 Å². The quantitative estimate of drug-likeness (QED) is 0.861. The number of rotatable bonds is 4. The molecule has 4 heteroatoms. The lowest BCUT2D eigenvalue weighted by atomic mass is 10.1. The van der Waals surface area contributed by atoms with Gasteiger partial charge in [0.25, 0.3) is 0 Å². The van der Waals surface area contributed by atoms with Crippen molar-refractivity contribution in [3.8, 4) is 11.8 Å². The summed E-state index contributed by atoms with van der Waals surface area (Å²) >= 11 is 0. The standard InChI is InChI=1S/C17H21N3O/c1-11(2)10-21-13-6-7-16-14(8-13)17(20(4)5)15(9-18)12(3)19-16/h6-8,11H,10H2,1-5H3. The second-order valence-electron chi connectivity index (χ2n) is 5.81. The summed E-state index contributed by atoms with van der Waals surface area (Å²) in [6.07, 6.45) is 0. The van der Waals surface area contributed by atoms with Gasteiger partial charge in [0.1, 0.15) is 11.8 Å². The smallest absolute Gasteiger partial charge is 0.120 e. The Hall–Kier alpha value is -2.28. The maximum absolute atomic E-state index is 9.41. The first-order chi connectivity index (χ1) is 9.93. The lowest BCUT2D eigenvalue weighted by Crippen LogP contribution is -2.13. The van der Waals surface area contributed by atoms with Gasteiger partial charge in [0.05, 0.1) is 29.1 Å². The van der Waals surface area contributed by atoms with E-state index in [0.717, 1.165) is 28.0 Å². The Morgan fingerprint density at radius 2 is 2.05 bits per heavy atom. The van der Waals surface area contributed by atoms with Crippen LogP contribution < -0.4 is 9.64 Å². The van der Waals surface area contributed by atoms with Crippen LogP contribution in [0.3, 0.4) is 0 Å². The molecule has 0 aliphatic carbocycles. The fraction of sp³-hybridized carbons (Fsp3) is 0.412. The highest BCUT2D eigenvalue weighted by molar-refractivity contribution is 5.95. The van der Waals surface area contributed by atoms with E-state index in [1.54, 1.807) is 0 Å². The van der Waals surface area contributed by atoms with Crippen molar-refractivity contribution < 1.29 is 4.74 Å². The van der Waals surface area contributed by atoms with Gasteiger partial charge in [-0.15, -0.1) is 0 Å². The third kappa shape index (κ3) is 3.08. The predicted octanol–water partition coefficient (Wildman–Crippen LogP) is 3.52. The first kappa shape index (κ1) is 15.1. The highest BCUT2D eigenvalue weighted by Crippen LogP contribution is 2.32. The number of fused-ring (bicyclic) bond motifs is 1. The largest absolute Gasteiger partial charge is 0.493 e. The van der Waals surface area contributed by atoms with Gasteiger partial charge in [0.15, 0.2) is 0 Å². The summed E-state index contributed by atoms with van der Waals surface area (Å²) in [6.45, 7) is 6.78. The van der Waals surface area contributed by atoms with E-state index in [9.17, 15) is 5.26 Å². The van der Waals surface area contributed by atoms with E-state index in [2.05, 4.69) is 24.9 Å². The molecule has 0 atom stereocenters. The Morgan fingerprint density at radius 3 is 2.62 bits per heavy atom. The lowest BCUT2D eigenvalue weighted by molar-refractivity contribution is 0.271. The van der Waals surface area contributed by atoms with Crippen molar-refractivity contribution >= 4 is 16.6 Å². The fourth-order valence-electron chi connectivity index (χ4n) is 2.30. The number of anilines is 1. The molecule has 0 bridgehead atoms. The number of hydrogen-bond donors (Lipinski definition) is 0. The van der Waals surface area contributed by atoms with Gasteiger partial charge in [-0.2, -0.15) is 5.26 Å². The highest BCUT2D eigenvalue weighted by atomic mass is 16.5. The van der Waals surface area contributed by atoms with Crippen LogP contribution in [0.15, 0.2) is 18.2 Å². The molecule has 0 aliphatic heterocycles. The molecule has 2 aromatic rings. The number of nitriles is 1. The number of benzene rings is 1. The van der Waals surface area contributed by atoms with Gasteiger partial charge >= 0.3 is 0 Å². The molecular formula is C17H21N3O. The van der Waals surface area contributed by atoms with Gasteiger partial charge in [0.2, 0.25) is 0 Å². The van der Waals surface area contributed by atoms with E-state index >= 15 is 0 Å². The molecule has 21 heavy (non-hydrogen) atoms. The molecule has 0 saturated carbocycles. The van der Waals surface area contributed by atoms with Gasteiger partial charge in [-0.3, -0.25) is 4.98 Å². The minimum absolute atomic E-state index is 0.472. The van der Waals surface area contributed by atoms with Crippen molar-refractivity contribution in [2.45, 2.75) is 20.8 Å². The van der Waals surface area contributed by atoms with Crippen LogP contribution in [0.4, 0.5) is 5.69 Å². The summed E-state index contributed by atoms with van der Waals surface area (Å²) in [7, 11) is 3.88. The zero-order valence-electron chi connectivity index (χ0n) is 13.3. The van der Waals surface area contributed by atoms with E-state index in [1.165, 1.54) is 0 Å². The zero-order valence-corrected chi connectivity index (χ0v) is 13.3. The Morgan fingerprint density at radius 1 is 1.33 bits per heavy atom. The number of hydrogen-bond acceptors (Lipinski definition) is 4. The SMILES string of the molecule is Cc1nc2ccc(OCC(C)C)cc2c(N(C)C)c1C#N. The van der Waals surface area contributed by atoms with Crippen molar-refractivity contribution in [2.24, 2.45) is 5.92 Å². The summed E-state index contributed by atoms with van der Waals surface area (Å²) < 4.78 is 5.78. The second-order valence-corrected chi connectivity index (χ2v) is 5.81. The number of nitrogens with zero attached hydrogens (tertiary/aromatic N) is 3. The van der Waals surface area contributed by atoms with Crippen LogP contribution in [0.1, 0.15) is 25.1 Å². The predicted molar refractivity (Wildman–Crippen MR) is 85.9 cm³/mol. The lowest BCUT2D eigenvalue weighted by Gasteiger charge is -2.19. The molecule has 4 nitrogen and oxygen atoms in total. The Labute approximate surface area is 126 Å². The monoisotopic (exact) mass is 283 g/mol. The van der Waals surface area contributed by atoms with Gasteiger partial charge in [-0.1, -0.05) is 13.8 Å². The molecule has 0 amide bonds. The zero-order chi connectivity index (χ0) is 15.6. The van der Waals surface area contributed by atoms with Crippen molar-refractivity contribution in [3.63, 3.8) is 0 Å². The number of ether oxygens (including phenoxy) is 1. The van der Waals surface area contributed by atoms with Gasteiger partial charge < -0.3 is 9.64 Å². The molecule has 110 valence electrons. The summed E-state index contributed by atoms with van der Waals surface area (Å²) in [5.74, 6) is 1.29. The van der Waals surface area contributed by atoms with Crippen LogP contribution in [-0.2, 0) is 0 Å². The van der Waals surface area contributed by atoms with Gasteiger partial charge in [-0.25, -0.2) is 0 Å². The third-order valence-electron chi connectivity index (χ3n) is 3.25. The van der Waals surface area contributed by atoms with Crippen LogP contribution in [-0.4, -0.2) is 25.7 Å². The number of aromatic nitrogens is 1. The molecular weight excluding hydrogens is 262 g/mol. The molecule has 1 heterocycles. The summed E-state index contributed by atoms with van der Waals surface area (Å²) in [5.41, 5.74) is 3.15. The minimum atomic E-state index is 0.472. The number of aryl methyl sites for hydroxylation is 1. The van der Waals surface area contributed by atoms with Crippen LogP contribution >= 0.6 is 0 Å². The van der Waals surface area contributed by atoms with Gasteiger partial charge in [-0.05, 0) is 31.0 Å². The van der Waals surface area contributed by atoms with Crippen molar-refractivity contribution in [1.29, 1.82) is 5.26 Å². The molecule has 2 rings (SSSR count). The molecule has 0 unspecified atom stereocenters. The second kappa shape index (κ2) is 6.01. The first-order valence-electron chi connectivity index (χ1n) is 7.08. The fourth-order valence-corrected chi connectivity index (χ4v) is 2.30. The first-order valence-corrected chi connectivity index (χ1v) is 7.08. The summed E-state index contributed by atoms with van der Waals surface area (Å²) in [4.78, 5) is 6.48. The minimum Gasteiger partial charge on any atom is -0.493 e. The molecule has 0 spiro atoms. The Kier molecular flexibility index (Phi) is 4.32. The molecule has 1 aromatic heterocycles. The van der Waals surface area contributed by atoms with E-state index in [4.69, 9.17) is 4.74 Å². The Balaban J connectivity index is 2.61. The van der Waals surface area contributed by atoms with E-state index in [0.29, 0.717) is 18.1 Å². The molecule has 0 saturated heterocycles. The van der Waals surface area contributed by atoms with E-state index < -0.39 is 0 Å². The molecule has 0 aliphatic rings. The van der Waals surface area contributed by atoms with E-state index in [1.807, 2.05) is 44.1 Å². The average molecular weight is 283 g/mol. The molecule has 0 N–H and O–H groups in total. The van der Waals surface area contributed by atoms with E-state index in [-0.39, 0.29) is 0 Å². The van der Waals surface area contributed by atoms with Crippen LogP contribution in [0.25, 0.3) is 10.9 Å². The molecule has 0 radical (unpaired) electrons. The normalized spacial score (nSPS) is 10.7. The molecule has 1 aromatic carbocycles. The van der Waals surface area contributed by atoms with Crippen molar-refractivity contribution in [3.05, 3.63) is 29.5 Å². The van der Waals surface area contributed by atoms with Crippen LogP contribution in [0.2, 0.25) is 0 Å².